The van der Waals surface area contributed by atoms with E-state index in [2.05, 4.69) is 18.9 Å². The summed E-state index contributed by atoms with van der Waals surface area (Å²) >= 11 is 0. The molecule has 0 radical (unpaired) electrons. The Balaban J connectivity index is 2.15. The molecule has 0 bridgehead atoms. The highest BCUT2D eigenvalue weighted by atomic mass is 16.4. The highest BCUT2D eigenvalue weighted by Crippen LogP contribution is 2.25. The number of aromatic nitrogens is 2. The van der Waals surface area contributed by atoms with Crippen molar-refractivity contribution in [3.05, 3.63) is 18.0 Å². The zero-order valence-corrected chi connectivity index (χ0v) is 13.5. The first-order valence-corrected chi connectivity index (χ1v) is 8.08. The minimum atomic E-state index is -0.826. The summed E-state index contributed by atoms with van der Waals surface area (Å²) in [4.78, 5) is 25.6. The summed E-state index contributed by atoms with van der Waals surface area (Å²) in [5.41, 5.74) is 0.407. The van der Waals surface area contributed by atoms with Gasteiger partial charge in [-0.05, 0) is 38.7 Å². The average molecular weight is 307 g/mol. The molecule has 1 N–H and O–H groups in total. The number of hydrogen-bond acceptors (Lipinski definition) is 3. The van der Waals surface area contributed by atoms with Crippen LogP contribution in [0.3, 0.4) is 0 Å². The Morgan fingerprint density at radius 1 is 1.41 bits per heavy atom. The van der Waals surface area contributed by atoms with Crippen LogP contribution in [0.25, 0.3) is 0 Å². The van der Waals surface area contributed by atoms with Crippen LogP contribution in [0.4, 0.5) is 0 Å². The van der Waals surface area contributed by atoms with Gasteiger partial charge in [0.15, 0.2) is 0 Å². The van der Waals surface area contributed by atoms with Crippen molar-refractivity contribution in [2.75, 3.05) is 6.54 Å². The lowest BCUT2D eigenvalue weighted by Crippen LogP contribution is -2.49. The first-order chi connectivity index (χ1) is 10.5. The van der Waals surface area contributed by atoms with Crippen LogP contribution < -0.4 is 0 Å². The van der Waals surface area contributed by atoms with Gasteiger partial charge in [0.05, 0.1) is 12.0 Å². The average Bonchev–Trinajstić information content (AvgIpc) is 2.97. The van der Waals surface area contributed by atoms with Crippen molar-refractivity contribution in [1.82, 2.24) is 14.7 Å². The first kappa shape index (κ1) is 16.5. The van der Waals surface area contributed by atoms with E-state index in [0.29, 0.717) is 24.7 Å². The Hall–Kier alpha value is -1.85. The molecule has 122 valence electrons. The van der Waals surface area contributed by atoms with Crippen molar-refractivity contribution in [3.8, 4) is 0 Å². The van der Waals surface area contributed by atoms with E-state index in [1.807, 2.05) is 17.8 Å². The quantitative estimate of drug-likeness (QED) is 0.907. The van der Waals surface area contributed by atoms with E-state index in [1.165, 1.54) is 0 Å². The van der Waals surface area contributed by atoms with Gasteiger partial charge in [-0.1, -0.05) is 13.8 Å². The minimum Gasteiger partial charge on any atom is -0.481 e. The fourth-order valence-electron chi connectivity index (χ4n) is 3.23. The van der Waals surface area contributed by atoms with Gasteiger partial charge in [0.25, 0.3) is 5.91 Å². The highest BCUT2D eigenvalue weighted by Gasteiger charge is 2.36. The van der Waals surface area contributed by atoms with Crippen LogP contribution in [0.1, 0.15) is 63.0 Å². The van der Waals surface area contributed by atoms with Crippen LogP contribution >= 0.6 is 0 Å². The molecule has 1 amide bonds. The molecule has 0 spiro atoms. The molecule has 2 heterocycles. The molecular formula is C16H25N3O3. The number of carboxylic acids is 1. The van der Waals surface area contributed by atoms with Gasteiger partial charge >= 0.3 is 5.97 Å². The number of carbonyl (C=O) groups is 2. The second-order valence-electron chi connectivity index (χ2n) is 5.98. The van der Waals surface area contributed by atoms with E-state index >= 15 is 0 Å². The van der Waals surface area contributed by atoms with Gasteiger partial charge in [0, 0.05) is 18.8 Å². The van der Waals surface area contributed by atoms with Crippen LogP contribution in [-0.2, 0) is 4.79 Å². The Labute approximate surface area is 131 Å². The number of rotatable bonds is 5. The Bertz CT molecular complexity index is 536. The lowest BCUT2D eigenvalue weighted by atomic mass is 9.90. The van der Waals surface area contributed by atoms with Crippen molar-refractivity contribution < 1.29 is 14.7 Å². The van der Waals surface area contributed by atoms with E-state index in [1.54, 1.807) is 11.0 Å². The number of carbonyl (C=O) groups excluding carboxylic acids is 1. The summed E-state index contributed by atoms with van der Waals surface area (Å²) in [7, 11) is 0. The number of amides is 1. The molecule has 1 fully saturated rings. The fraction of sp³-hybridized carbons (Fsp3) is 0.688. The lowest BCUT2D eigenvalue weighted by Gasteiger charge is -2.37. The number of carboxylic acid groups (broad SMARTS) is 1. The molecule has 1 aromatic rings. The molecule has 1 aliphatic heterocycles. The molecular weight excluding hydrogens is 282 g/mol. The Morgan fingerprint density at radius 3 is 2.68 bits per heavy atom. The molecule has 0 aliphatic carbocycles. The predicted molar refractivity (Wildman–Crippen MR) is 82.7 cm³/mol. The molecule has 2 rings (SSSR count). The Morgan fingerprint density at radius 2 is 2.09 bits per heavy atom. The molecule has 0 saturated carbocycles. The third-order valence-corrected chi connectivity index (χ3v) is 4.71. The zero-order chi connectivity index (χ0) is 16.3. The minimum absolute atomic E-state index is 0.164. The molecule has 1 aliphatic rings. The Kier molecular flexibility index (Phi) is 5.21. The van der Waals surface area contributed by atoms with Crippen molar-refractivity contribution in [1.29, 1.82) is 0 Å². The van der Waals surface area contributed by atoms with E-state index < -0.39 is 11.9 Å². The van der Waals surface area contributed by atoms with Crippen LogP contribution in [0, 0.1) is 5.92 Å². The summed E-state index contributed by atoms with van der Waals surface area (Å²) in [5, 5.41) is 13.7. The van der Waals surface area contributed by atoms with Gasteiger partial charge in [0.1, 0.15) is 5.69 Å². The van der Waals surface area contributed by atoms with Crippen LogP contribution in [0.5, 0.6) is 0 Å². The SMILES string of the molecule is CCC(CC)n1ccc(C(=O)N2CCC[C@H](C(=O)O)[C@@H]2C)n1. The number of aliphatic carboxylic acids is 1. The molecule has 6 nitrogen and oxygen atoms in total. The molecule has 0 aromatic carbocycles. The van der Waals surface area contributed by atoms with Crippen LogP contribution in [-0.4, -0.2) is 44.3 Å². The maximum absolute atomic E-state index is 12.6. The number of hydrogen-bond donors (Lipinski definition) is 1. The second-order valence-corrected chi connectivity index (χ2v) is 5.98. The first-order valence-electron chi connectivity index (χ1n) is 8.08. The maximum atomic E-state index is 12.6. The van der Waals surface area contributed by atoms with Gasteiger partial charge in [-0.2, -0.15) is 5.10 Å². The van der Waals surface area contributed by atoms with Gasteiger partial charge in [0.2, 0.25) is 0 Å². The number of likely N-dealkylation sites (tertiary alicyclic amines) is 1. The van der Waals surface area contributed by atoms with Crippen molar-refractivity contribution in [2.24, 2.45) is 5.92 Å². The van der Waals surface area contributed by atoms with E-state index in [-0.39, 0.29) is 11.9 Å². The van der Waals surface area contributed by atoms with E-state index in [4.69, 9.17) is 0 Å². The molecule has 22 heavy (non-hydrogen) atoms. The predicted octanol–water partition coefficient (Wildman–Crippen LogP) is 2.57. The monoisotopic (exact) mass is 307 g/mol. The third-order valence-electron chi connectivity index (χ3n) is 4.71. The van der Waals surface area contributed by atoms with Crippen molar-refractivity contribution in [3.63, 3.8) is 0 Å². The summed E-state index contributed by atoms with van der Waals surface area (Å²) in [5.74, 6) is -1.48. The molecule has 1 aromatic heterocycles. The second kappa shape index (κ2) is 6.94. The molecule has 1 saturated heterocycles. The van der Waals surface area contributed by atoms with Crippen molar-refractivity contribution in [2.45, 2.75) is 58.5 Å². The normalized spacial score (nSPS) is 22.1. The van der Waals surface area contributed by atoms with Crippen LogP contribution in [0.15, 0.2) is 12.3 Å². The van der Waals surface area contributed by atoms with E-state index in [0.717, 1.165) is 19.3 Å². The maximum Gasteiger partial charge on any atom is 0.308 e. The van der Waals surface area contributed by atoms with Gasteiger partial charge in [-0.25, -0.2) is 0 Å². The molecule has 6 heteroatoms. The smallest absolute Gasteiger partial charge is 0.308 e. The standard InChI is InChI=1S/C16H25N3O3/c1-4-12(5-2)19-10-8-14(17-19)15(20)18-9-6-7-13(11(18)3)16(21)22/h8,10-13H,4-7,9H2,1-3H3,(H,21,22)/t11-,13-/m0/s1. The van der Waals surface area contributed by atoms with E-state index in [9.17, 15) is 14.7 Å². The summed E-state index contributed by atoms with van der Waals surface area (Å²) < 4.78 is 1.84. The lowest BCUT2D eigenvalue weighted by molar-refractivity contribution is -0.144. The molecule has 2 atom stereocenters. The number of piperidine rings is 1. The number of nitrogens with zero attached hydrogens (tertiary/aromatic N) is 3. The zero-order valence-electron chi connectivity index (χ0n) is 13.5. The van der Waals surface area contributed by atoms with Gasteiger partial charge in [-0.3, -0.25) is 14.3 Å². The highest BCUT2D eigenvalue weighted by molar-refractivity contribution is 5.93. The fourth-order valence-corrected chi connectivity index (χ4v) is 3.23. The third kappa shape index (κ3) is 3.15. The van der Waals surface area contributed by atoms with Crippen LogP contribution in [0.2, 0.25) is 0 Å². The summed E-state index contributed by atoms with van der Waals surface area (Å²) in [6.45, 7) is 6.61. The summed E-state index contributed by atoms with van der Waals surface area (Å²) in [6.07, 6.45) is 5.12. The van der Waals surface area contributed by atoms with Gasteiger partial charge < -0.3 is 10.0 Å². The topological polar surface area (TPSA) is 75.4 Å². The van der Waals surface area contributed by atoms with Crippen molar-refractivity contribution >= 4 is 11.9 Å². The van der Waals surface area contributed by atoms with Gasteiger partial charge in [-0.15, -0.1) is 0 Å². The largest absolute Gasteiger partial charge is 0.481 e. The summed E-state index contributed by atoms with van der Waals surface area (Å²) in [6, 6.07) is 1.74. The molecule has 0 unspecified atom stereocenters.